The number of hydrogen-bond donors (Lipinski definition) is 0. The number of piperidine rings is 1. The fourth-order valence-corrected chi connectivity index (χ4v) is 3.27. The molecule has 2 heterocycles. The van der Waals surface area contributed by atoms with Crippen LogP contribution in [0.1, 0.15) is 44.9 Å². The SMILES string of the molecule is CN(CC[C@H]1CCCCN1C)C[C@H]1CCCCO1. The lowest BCUT2D eigenvalue weighted by Gasteiger charge is -2.34. The van der Waals surface area contributed by atoms with Gasteiger partial charge in [-0.05, 0) is 65.7 Å². The molecule has 3 nitrogen and oxygen atoms in total. The molecule has 106 valence electrons. The van der Waals surface area contributed by atoms with Crippen molar-refractivity contribution in [2.24, 2.45) is 0 Å². The van der Waals surface area contributed by atoms with Crippen molar-refractivity contribution >= 4 is 0 Å². The Bertz CT molecular complexity index is 229. The maximum atomic E-state index is 5.81. The summed E-state index contributed by atoms with van der Waals surface area (Å²) in [5, 5.41) is 0. The summed E-state index contributed by atoms with van der Waals surface area (Å²) in [6, 6.07) is 0.813. The number of hydrogen-bond acceptors (Lipinski definition) is 3. The molecule has 2 saturated heterocycles. The molecule has 18 heavy (non-hydrogen) atoms. The molecule has 0 aromatic carbocycles. The predicted molar refractivity (Wildman–Crippen MR) is 76.0 cm³/mol. The van der Waals surface area contributed by atoms with Crippen LogP contribution >= 0.6 is 0 Å². The van der Waals surface area contributed by atoms with Crippen LogP contribution in [0.4, 0.5) is 0 Å². The van der Waals surface area contributed by atoms with Gasteiger partial charge < -0.3 is 14.5 Å². The lowest BCUT2D eigenvalue weighted by Crippen LogP contribution is -2.40. The minimum absolute atomic E-state index is 0.493. The van der Waals surface area contributed by atoms with Crippen molar-refractivity contribution in [2.45, 2.75) is 57.1 Å². The maximum absolute atomic E-state index is 5.81. The Balaban J connectivity index is 1.62. The fraction of sp³-hybridized carbons (Fsp3) is 1.00. The van der Waals surface area contributed by atoms with Gasteiger partial charge in [-0.2, -0.15) is 0 Å². The Hall–Kier alpha value is -0.120. The van der Waals surface area contributed by atoms with Crippen molar-refractivity contribution in [3.05, 3.63) is 0 Å². The zero-order valence-corrected chi connectivity index (χ0v) is 12.2. The second-order valence-corrected chi connectivity index (χ2v) is 6.17. The second-order valence-electron chi connectivity index (χ2n) is 6.17. The molecular weight excluding hydrogens is 224 g/mol. The molecule has 2 rings (SSSR count). The number of ether oxygens (including phenoxy) is 1. The molecule has 0 bridgehead atoms. The predicted octanol–water partition coefficient (Wildman–Crippen LogP) is 2.36. The summed E-state index contributed by atoms with van der Waals surface area (Å²) >= 11 is 0. The van der Waals surface area contributed by atoms with Crippen LogP contribution in [0.3, 0.4) is 0 Å². The summed E-state index contributed by atoms with van der Waals surface area (Å²) in [5.41, 5.74) is 0. The first kappa shape index (κ1) is 14.3. The molecule has 2 atom stereocenters. The van der Waals surface area contributed by atoms with Crippen LogP contribution in [0.25, 0.3) is 0 Å². The van der Waals surface area contributed by atoms with Gasteiger partial charge in [-0.15, -0.1) is 0 Å². The largest absolute Gasteiger partial charge is 0.377 e. The van der Waals surface area contributed by atoms with Crippen molar-refractivity contribution in [3.63, 3.8) is 0 Å². The van der Waals surface area contributed by atoms with Crippen molar-refractivity contribution in [3.8, 4) is 0 Å². The molecule has 0 N–H and O–H groups in total. The van der Waals surface area contributed by atoms with Crippen LogP contribution in [0.2, 0.25) is 0 Å². The Morgan fingerprint density at radius 1 is 1.17 bits per heavy atom. The molecule has 2 fully saturated rings. The van der Waals surface area contributed by atoms with Crippen molar-refractivity contribution in [1.82, 2.24) is 9.80 Å². The lowest BCUT2D eigenvalue weighted by molar-refractivity contribution is -0.00271. The zero-order chi connectivity index (χ0) is 12.8. The van der Waals surface area contributed by atoms with Crippen LogP contribution in [-0.2, 0) is 4.74 Å². The third-order valence-corrected chi connectivity index (χ3v) is 4.55. The van der Waals surface area contributed by atoms with E-state index in [1.165, 1.54) is 58.0 Å². The van der Waals surface area contributed by atoms with E-state index >= 15 is 0 Å². The van der Waals surface area contributed by atoms with E-state index in [0.29, 0.717) is 6.10 Å². The third kappa shape index (κ3) is 4.52. The monoisotopic (exact) mass is 254 g/mol. The van der Waals surface area contributed by atoms with Crippen LogP contribution in [0.5, 0.6) is 0 Å². The lowest BCUT2D eigenvalue weighted by atomic mass is 10.00. The number of likely N-dealkylation sites (tertiary alicyclic amines) is 1. The molecular formula is C15H30N2O. The molecule has 2 aliphatic rings. The Morgan fingerprint density at radius 2 is 2.00 bits per heavy atom. The molecule has 0 amide bonds. The van der Waals surface area contributed by atoms with Crippen LogP contribution in [-0.4, -0.2) is 62.3 Å². The minimum atomic E-state index is 0.493. The van der Waals surface area contributed by atoms with Crippen LogP contribution in [0, 0.1) is 0 Å². The van der Waals surface area contributed by atoms with E-state index in [9.17, 15) is 0 Å². The Kier molecular flexibility index (Phi) is 5.93. The van der Waals surface area contributed by atoms with E-state index in [1.54, 1.807) is 0 Å². The van der Waals surface area contributed by atoms with Crippen LogP contribution < -0.4 is 0 Å². The third-order valence-electron chi connectivity index (χ3n) is 4.55. The molecule has 0 saturated carbocycles. The smallest absolute Gasteiger partial charge is 0.0701 e. The fourth-order valence-electron chi connectivity index (χ4n) is 3.27. The average Bonchev–Trinajstić information content (AvgIpc) is 2.39. The van der Waals surface area contributed by atoms with Crippen LogP contribution in [0.15, 0.2) is 0 Å². The Labute approximate surface area is 112 Å². The van der Waals surface area contributed by atoms with E-state index in [4.69, 9.17) is 4.74 Å². The highest BCUT2D eigenvalue weighted by atomic mass is 16.5. The standard InChI is InChI=1S/C15H30N2O/c1-16(13-15-8-4-6-12-18-15)11-9-14-7-3-5-10-17(14)2/h14-15H,3-13H2,1-2H3/t14-,15-/m1/s1. The molecule has 0 aromatic heterocycles. The summed E-state index contributed by atoms with van der Waals surface area (Å²) in [4.78, 5) is 5.02. The average molecular weight is 254 g/mol. The summed E-state index contributed by atoms with van der Waals surface area (Å²) in [7, 11) is 4.54. The zero-order valence-electron chi connectivity index (χ0n) is 12.2. The van der Waals surface area contributed by atoms with E-state index in [2.05, 4.69) is 23.9 Å². The van der Waals surface area contributed by atoms with E-state index in [-0.39, 0.29) is 0 Å². The van der Waals surface area contributed by atoms with Gasteiger partial charge in [0.25, 0.3) is 0 Å². The van der Waals surface area contributed by atoms with Gasteiger partial charge in [0, 0.05) is 19.2 Å². The first-order chi connectivity index (χ1) is 8.75. The van der Waals surface area contributed by atoms with Gasteiger partial charge in [-0.25, -0.2) is 0 Å². The molecule has 0 aromatic rings. The summed E-state index contributed by atoms with van der Waals surface area (Å²) in [6.45, 7) is 4.61. The quantitative estimate of drug-likeness (QED) is 0.749. The van der Waals surface area contributed by atoms with Crippen molar-refractivity contribution in [2.75, 3.05) is 40.3 Å². The van der Waals surface area contributed by atoms with Gasteiger partial charge in [0.2, 0.25) is 0 Å². The highest BCUT2D eigenvalue weighted by molar-refractivity contribution is 4.76. The van der Waals surface area contributed by atoms with Crippen molar-refractivity contribution in [1.29, 1.82) is 0 Å². The van der Waals surface area contributed by atoms with E-state index < -0.39 is 0 Å². The van der Waals surface area contributed by atoms with Gasteiger partial charge in [0.15, 0.2) is 0 Å². The summed E-state index contributed by atoms with van der Waals surface area (Å²) in [6.07, 6.45) is 9.88. The number of likely N-dealkylation sites (N-methyl/N-ethyl adjacent to an activating group) is 1. The summed E-state index contributed by atoms with van der Waals surface area (Å²) in [5.74, 6) is 0. The highest BCUT2D eigenvalue weighted by Gasteiger charge is 2.20. The van der Waals surface area contributed by atoms with Gasteiger partial charge in [0.1, 0.15) is 0 Å². The first-order valence-electron chi connectivity index (χ1n) is 7.76. The molecule has 3 heteroatoms. The van der Waals surface area contributed by atoms with Gasteiger partial charge >= 0.3 is 0 Å². The highest BCUT2D eigenvalue weighted by Crippen LogP contribution is 2.18. The van der Waals surface area contributed by atoms with E-state index in [1.807, 2.05) is 0 Å². The minimum Gasteiger partial charge on any atom is -0.377 e. The number of rotatable bonds is 5. The molecule has 2 aliphatic heterocycles. The molecule has 0 aliphatic carbocycles. The van der Waals surface area contributed by atoms with E-state index in [0.717, 1.165) is 19.2 Å². The molecule has 0 unspecified atom stereocenters. The van der Waals surface area contributed by atoms with Crippen molar-refractivity contribution < 1.29 is 4.74 Å². The summed E-state index contributed by atoms with van der Waals surface area (Å²) < 4.78 is 5.81. The van der Waals surface area contributed by atoms with Gasteiger partial charge in [-0.3, -0.25) is 0 Å². The first-order valence-corrected chi connectivity index (χ1v) is 7.76. The molecule has 0 spiro atoms. The second kappa shape index (κ2) is 7.46. The topological polar surface area (TPSA) is 15.7 Å². The van der Waals surface area contributed by atoms with Gasteiger partial charge in [-0.1, -0.05) is 6.42 Å². The maximum Gasteiger partial charge on any atom is 0.0701 e. The Morgan fingerprint density at radius 3 is 2.72 bits per heavy atom. The number of nitrogens with zero attached hydrogens (tertiary/aromatic N) is 2. The van der Waals surface area contributed by atoms with Gasteiger partial charge in [0.05, 0.1) is 6.10 Å². The normalized spacial score (nSPS) is 30.8. The molecule has 0 radical (unpaired) electrons.